The van der Waals surface area contributed by atoms with Gasteiger partial charge in [-0.2, -0.15) is 4.68 Å². The van der Waals surface area contributed by atoms with Gasteiger partial charge in [0.2, 0.25) is 11.0 Å². The summed E-state index contributed by atoms with van der Waals surface area (Å²) in [5.74, 6) is -0.197. The van der Waals surface area contributed by atoms with Crippen molar-refractivity contribution in [2.75, 3.05) is 6.61 Å². The Morgan fingerprint density at radius 2 is 2.17 bits per heavy atom. The topological polar surface area (TPSA) is 115 Å². The van der Waals surface area contributed by atoms with Crippen LogP contribution in [0.2, 0.25) is 0 Å². The first kappa shape index (κ1) is 19.3. The van der Waals surface area contributed by atoms with Gasteiger partial charge in [-0.15, -0.1) is 5.10 Å². The Morgan fingerprint density at radius 1 is 1.33 bits per heavy atom. The maximum Gasteiger partial charge on any atom is 0.333 e. The minimum atomic E-state index is -0.356. The van der Waals surface area contributed by atoms with E-state index in [1.54, 1.807) is 20.9 Å². The van der Waals surface area contributed by atoms with E-state index in [4.69, 9.17) is 4.74 Å². The van der Waals surface area contributed by atoms with Crippen molar-refractivity contribution < 1.29 is 14.3 Å². The molecule has 3 aliphatic rings. The number of ether oxygens (including phenoxy) is 1. The Morgan fingerprint density at radius 3 is 2.87 bits per heavy atom. The number of cyclic esters (lactones) is 1. The van der Waals surface area contributed by atoms with Gasteiger partial charge in [0.15, 0.2) is 0 Å². The van der Waals surface area contributed by atoms with Crippen LogP contribution in [0.4, 0.5) is 0 Å². The number of carbonyl (C=O) groups excluding carboxylic acids is 2. The highest BCUT2D eigenvalue weighted by molar-refractivity contribution is 7.14. The number of esters is 1. The molecule has 11 heteroatoms. The molecule has 1 saturated carbocycles. The normalized spacial score (nSPS) is 29.0. The van der Waals surface area contributed by atoms with Gasteiger partial charge in [-0.1, -0.05) is 11.3 Å². The van der Waals surface area contributed by atoms with E-state index in [9.17, 15) is 9.59 Å². The standard InChI is InChI=1S/C19H23N7O3S/c1-12-7-19(17(28)26(12)14-6-16(27)29-10-14)4-2-13(3-5-19)20-8-15-9-21-18(30-15)25-11-22-23-24-25/h6,9,11-13,20H,2-5,7-8,10H2,1H3. The van der Waals surface area contributed by atoms with Crippen LogP contribution in [0.5, 0.6) is 0 Å². The summed E-state index contributed by atoms with van der Waals surface area (Å²) >= 11 is 1.55. The molecule has 0 bridgehead atoms. The van der Waals surface area contributed by atoms with E-state index in [2.05, 4.69) is 32.7 Å². The highest BCUT2D eigenvalue weighted by Gasteiger charge is 2.52. The minimum absolute atomic E-state index is 0.102. The predicted molar refractivity (Wildman–Crippen MR) is 106 cm³/mol. The lowest BCUT2D eigenvalue weighted by Gasteiger charge is -2.36. The van der Waals surface area contributed by atoms with Crippen molar-refractivity contribution in [3.8, 4) is 5.13 Å². The summed E-state index contributed by atoms with van der Waals surface area (Å²) < 4.78 is 6.57. The molecule has 2 fully saturated rings. The molecule has 2 aromatic heterocycles. The van der Waals surface area contributed by atoms with Crippen molar-refractivity contribution in [2.24, 2.45) is 5.41 Å². The average molecular weight is 430 g/mol. The molecule has 5 rings (SSSR count). The molecule has 1 aliphatic carbocycles. The van der Waals surface area contributed by atoms with Crippen molar-refractivity contribution in [3.05, 3.63) is 29.2 Å². The van der Waals surface area contributed by atoms with Crippen molar-refractivity contribution in [3.63, 3.8) is 0 Å². The third kappa shape index (κ3) is 3.41. The summed E-state index contributed by atoms with van der Waals surface area (Å²) in [6.07, 6.45) is 9.32. The van der Waals surface area contributed by atoms with E-state index in [1.165, 1.54) is 12.4 Å². The number of hydrogen-bond acceptors (Lipinski definition) is 9. The number of amides is 1. The van der Waals surface area contributed by atoms with Gasteiger partial charge in [0, 0.05) is 35.8 Å². The number of thiazole rings is 1. The fourth-order valence-electron chi connectivity index (χ4n) is 4.89. The van der Waals surface area contributed by atoms with E-state index >= 15 is 0 Å². The zero-order chi connectivity index (χ0) is 20.7. The lowest BCUT2D eigenvalue weighted by molar-refractivity contribution is -0.138. The molecule has 1 spiro atoms. The van der Waals surface area contributed by atoms with Crippen LogP contribution in [-0.2, 0) is 20.9 Å². The van der Waals surface area contributed by atoms with Crippen LogP contribution in [0, 0.1) is 5.41 Å². The predicted octanol–water partition coefficient (Wildman–Crippen LogP) is 1.20. The van der Waals surface area contributed by atoms with E-state index in [0.717, 1.165) is 48.7 Å². The highest BCUT2D eigenvalue weighted by atomic mass is 32.1. The van der Waals surface area contributed by atoms with E-state index in [0.29, 0.717) is 11.7 Å². The van der Waals surface area contributed by atoms with Gasteiger partial charge in [-0.05, 0) is 49.5 Å². The van der Waals surface area contributed by atoms with Gasteiger partial charge >= 0.3 is 5.97 Å². The molecule has 1 unspecified atom stereocenters. The molecule has 4 heterocycles. The molecule has 1 amide bonds. The second-order valence-corrected chi connectivity index (χ2v) is 9.36. The Labute approximate surface area is 177 Å². The monoisotopic (exact) mass is 429 g/mol. The van der Waals surface area contributed by atoms with Crippen LogP contribution in [0.15, 0.2) is 24.3 Å². The van der Waals surface area contributed by atoms with Crippen LogP contribution in [0.25, 0.3) is 5.13 Å². The SMILES string of the molecule is CC1CC2(CCC(NCc3cnc(-n4cnnn4)s3)CC2)C(=O)N1C1=CC(=O)OC1. The third-order valence-corrected chi connectivity index (χ3v) is 7.34. The summed E-state index contributed by atoms with van der Waals surface area (Å²) in [5.41, 5.74) is 0.403. The Balaban J connectivity index is 1.17. The minimum Gasteiger partial charge on any atom is -0.456 e. The molecule has 30 heavy (non-hydrogen) atoms. The molecule has 2 aliphatic heterocycles. The van der Waals surface area contributed by atoms with Crippen LogP contribution in [0.3, 0.4) is 0 Å². The number of likely N-dealkylation sites (tertiary alicyclic amines) is 1. The average Bonchev–Trinajstić information content (AvgIpc) is 3.51. The van der Waals surface area contributed by atoms with E-state index in [-0.39, 0.29) is 29.9 Å². The molecular weight excluding hydrogens is 406 g/mol. The van der Waals surface area contributed by atoms with Gasteiger partial charge in [0.05, 0.1) is 11.1 Å². The number of nitrogens with zero attached hydrogens (tertiary/aromatic N) is 6. The maximum absolute atomic E-state index is 13.3. The smallest absolute Gasteiger partial charge is 0.333 e. The summed E-state index contributed by atoms with van der Waals surface area (Å²) in [6.45, 7) is 3.00. The molecule has 10 nitrogen and oxygen atoms in total. The lowest BCUT2D eigenvalue weighted by Crippen LogP contribution is -2.42. The molecule has 0 aromatic carbocycles. The number of tetrazole rings is 1. The second-order valence-electron chi connectivity index (χ2n) is 8.27. The zero-order valence-electron chi connectivity index (χ0n) is 16.7. The first-order chi connectivity index (χ1) is 14.5. The first-order valence-corrected chi connectivity index (χ1v) is 11.0. The molecule has 158 valence electrons. The Bertz CT molecular complexity index is 978. The van der Waals surface area contributed by atoms with Gasteiger partial charge < -0.3 is 15.0 Å². The maximum atomic E-state index is 13.3. The van der Waals surface area contributed by atoms with E-state index in [1.807, 2.05) is 6.20 Å². The summed E-state index contributed by atoms with van der Waals surface area (Å²) in [7, 11) is 0. The van der Waals surface area contributed by atoms with Crippen molar-refractivity contribution in [2.45, 2.75) is 57.7 Å². The fraction of sp³-hybridized carbons (Fsp3) is 0.579. The van der Waals surface area contributed by atoms with Crippen LogP contribution in [-0.4, -0.2) is 60.7 Å². The molecule has 2 aromatic rings. The fourth-order valence-corrected chi connectivity index (χ4v) is 5.67. The highest BCUT2D eigenvalue weighted by Crippen LogP contribution is 2.48. The van der Waals surface area contributed by atoms with Crippen LogP contribution < -0.4 is 5.32 Å². The van der Waals surface area contributed by atoms with Crippen molar-refractivity contribution in [1.29, 1.82) is 0 Å². The summed E-state index contributed by atoms with van der Waals surface area (Å²) in [6, 6.07) is 0.478. The zero-order valence-corrected chi connectivity index (χ0v) is 17.5. The Hall–Kier alpha value is -2.66. The van der Waals surface area contributed by atoms with E-state index < -0.39 is 0 Å². The number of hydrogen-bond donors (Lipinski definition) is 1. The summed E-state index contributed by atoms with van der Waals surface area (Å²) in [5, 5.41) is 15.5. The van der Waals surface area contributed by atoms with Crippen LogP contribution in [0.1, 0.15) is 43.9 Å². The first-order valence-electron chi connectivity index (χ1n) is 10.2. The van der Waals surface area contributed by atoms with Crippen molar-refractivity contribution in [1.82, 2.24) is 35.4 Å². The third-order valence-electron chi connectivity index (χ3n) is 6.35. The number of rotatable bonds is 5. The quantitative estimate of drug-likeness (QED) is 0.705. The lowest BCUT2D eigenvalue weighted by atomic mass is 9.70. The molecular formula is C19H23N7O3S. The number of carbonyl (C=O) groups is 2. The molecule has 1 atom stereocenters. The van der Waals surface area contributed by atoms with Gasteiger partial charge in [-0.3, -0.25) is 4.79 Å². The van der Waals surface area contributed by atoms with Gasteiger partial charge in [0.1, 0.15) is 12.9 Å². The van der Waals surface area contributed by atoms with Crippen LogP contribution >= 0.6 is 11.3 Å². The van der Waals surface area contributed by atoms with Gasteiger partial charge in [-0.25, -0.2) is 9.78 Å². The number of nitrogens with one attached hydrogen (secondary N) is 1. The molecule has 1 saturated heterocycles. The number of aromatic nitrogens is 5. The Kier molecular flexibility index (Phi) is 4.86. The summed E-state index contributed by atoms with van der Waals surface area (Å²) in [4.78, 5) is 32.0. The largest absolute Gasteiger partial charge is 0.456 e. The second kappa shape index (κ2) is 7.55. The molecule has 1 N–H and O–H groups in total. The van der Waals surface area contributed by atoms with Gasteiger partial charge in [0.25, 0.3) is 0 Å². The molecule has 0 radical (unpaired) electrons. The van der Waals surface area contributed by atoms with Crippen molar-refractivity contribution >= 4 is 23.2 Å².